The Bertz CT molecular complexity index is 367. The average molecular weight is 218 g/mol. The van der Waals surface area contributed by atoms with E-state index in [1.165, 1.54) is 32.4 Å². The first kappa shape index (κ1) is 9.90. The third-order valence-electron chi connectivity index (χ3n) is 3.93. The second-order valence-corrected chi connectivity index (χ2v) is 4.88. The highest BCUT2D eigenvalue weighted by atomic mass is 15.3. The number of fused-ring (bicyclic) bond motifs is 1. The molecular weight excluding hydrogens is 200 g/mol. The molecule has 4 heteroatoms. The van der Waals surface area contributed by atoms with E-state index in [2.05, 4.69) is 21.4 Å². The Morgan fingerprint density at radius 3 is 2.69 bits per heavy atom. The summed E-state index contributed by atoms with van der Waals surface area (Å²) in [4.78, 5) is 6.89. The minimum absolute atomic E-state index is 0.745. The van der Waals surface area contributed by atoms with Crippen LogP contribution in [0.25, 0.3) is 0 Å². The van der Waals surface area contributed by atoms with Gasteiger partial charge in [0.2, 0.25) is 0 Å². The van der Waals surface area contributed by atoms with E-state index in [0.717, 1.165) is 23.5 Å². The standard InChI is InChI=1S/C12H18N4/c13-15-11-5-2-6-12(14-11)16-7-9-3-1-4-10(9)8-16/h2,5-6,9-10H,1,3-4,7-8,13H2,(H,14,15). The summed E-state index contributed by atoms with van der Waals surface area (Å²) in [6.07, 6.45) is 4.22. The Balaban J connectivity index is 1.78. The van der Waals surface area contributed by atoms with E-state index in [4.69, 9.17) is 5.84 Å². The van der Waals surface area contributed by atoms with Crippen LogP contribution < -0.4 is 16.2 Å². The van der Waals surface area contributed by atoms with Gasteiger partial charge in [-0.3, -0.25) is 0 Å². The van der Waals surface area contributed by atoms with Crippen LogP contribution in [0.1, 0.15) is 19.3 Å². The molecule has 4 nitrogen and oxygen atoms in total. The molecule has 1 aliphatic heterocycles. The highest BCUT2D eigenvalue weighted by Crippen LogP contribution is 2.39. The summed E-state index contributed by atoms with van der Waals surface area (Å²) in [6.45, 7) is 2.34. The van der Waals surface area contributed by atoms with E-state index in [0.29, 0.717) is 0 Å². The van der Waals surface area contributed by atoms with E-state index in [9.17, 15) is 0 Å². The number of anilines is 2. The number of nitrogens with zero attached hydrogens (tertiary/aromatic N) is 2. The van der Waals surface area contributed by atoms with E-state index < -0.39 is 0 Å². The molecule has 2 fully saturated rings. The van der Waals surface area contributed by atoms with Crippen molar-refractivity contribution in [1.29, 1.82) is 0 Å². The van der Waals surface area contributed by atoms with Gasteiger partial charge in [-0.05, 0) is 36.8 Å². The second kappa shape index (κ2) is 3.94. The van der Waals surface area contributed by atoms with Gasteiger partial charge in [0, 0.05) is 13.1 Å². The topological polar surface area (TPSA) is 54.2 Å². The van der Waals surface area contributed by atoms with Crippen molar-refractivity contribution in [2.24, 2.45) is 17.7 Å². The molecule has 2 atom stereocenters. The zero-order valence-corrected chi connectivity index (χ0v) is 9.39. The first-order valence-electron chi connectivity index (χ1n) is 6.05. The van der Waals surface area contributed by atoms with Crippen molar-refractivity contribution in [3.05, 3.63) is 18.2 Å². The Labute approximate surface area is 95.8 Å². The van der Waals surface area contributed by atoms with Crippen LogP contribution in [0.2, 0.25) is 0 Å². The van der Waals surface area contributed by atoms with Crippen molar-refractivity contribution in [2.45, 2.75) is 19.3 Å². The van der Waals surface area contributed by atoms with Gasteiger partial charge in [-0.1, -0.05) is 12.5 Å². The molecule has 1 aliphatic carbocycles. The number of rotatable bonds is 2. The summed E-state index contributed by atoms with van der Waals surface area (Å²) >= 11 is 0. The Kier molecular flexibility index (Phi) is 2.44. The Morgan fingerprint density at radius 2 is 2.00 bits per heavy atom. The molecule has 86 valence electrons. The zero-order chi connectivity index (χ0) is 11.0. The summed E-state index contributed by atoms with van der Waals surface area (Å²) in [5.41, 5.74) is 2.60. The molecule has 16 heavy (non-hydrogen) atoms. The van der Waals surface area contributed by atoms with Crippen LogP contribution in [0, 0.1) is 11.8 Å². The van der Waals surface area contributed by atoms with Crippen molar-refractivity contribution in [1.82, 2.24) is 4.98 Å². The minimum Gasteiger partial charge on any atom is -0.356 e. The monoisotopic (exact) mass is 218 g/mol. The summed E-state index contributed by atoms with van der Waals surface area (Å²) in [5, 5.41) is 0. The fraction of sp³-hybridized carbons (Fsp3) is 0.583. The van der Waals surface area contributed by atoms with E-state index >= 15 is 0 Å². The molecular formula is C12H18N4. The predicted molar refractivity (Wildman–Crippen MR) is 65.1 cm³/mol. The van der Waals surface area contributed by atoms with Crippen LogP contribution in [0.4, 0.5) is 11.6 Å². The number of hydrogen-bond acceptors (Lipinski definition) is 4. The smallest absolute Gasteiger partial charge is 0.142 e. The fourth-order valence-electron chi connectivity index (χ4n) is 3.10. The van der Waals surface area contributed by atoms with Crippen LogP contribution in [0.3, 0.4) is 0 Å². The first-order chi connectivity index (χ1) is 7.86. The van der Waals surface area contributed by atoms with Crippen molar-refractivity contribution in [3.63, 3.8) is 0 Å². The van der Waals surface area contributed by atoms with E-state index in [-0.39, 0.29) is 0 Å². The van der Waals surface area contributed by atoms with Crippen LogP contribution in [0.5, 0.6) is 0 Å². The molecule has 0 radical (unpaired) electrons. The molecule has 0 amide bonds. The lowest BCUT2D eigenvalue weighted by Gasteiger charge is -2.18. The molecule has 2 unspecified atom stereocenters. The number of nitrogens with two attached hydrogens (primary N) is 1. The van der Waals surface area contributed by atoms with Crippen molar-refractivity contribution in [2.75, 3.05) is 23.4 Å². The van der Waals surface area contributed by atoms with Gasteiger partial charge in [0.1, 0.15) is 11.6 Å². The Hall–Kier alpha value is -1.29. The van der Waals surface area contributed by atoms with Gasteiger partial charge in [-0.15, -0.1) is 0 Å². The molecule has 3 N–H and O–H groups in total. The zero-order valence-electron chi connectivity index (χ0n) is 9.39. The largest absolute Gasteiger partial charge is 0.356 e. The lowest BCUT2D eigenvalue weighted by atomic mass is 10.0. The molecule has 1 aromatic heterocycles. The van der Waals surface area contributed by atoms with Gasteiger partial charge in [0.25, 0.3) is 0 Å². The molecule has 2 aliphatic rings. The number of nitrogen functional groups attached to an aromatic ring is 1. The van der Waals surface area contributed by atoms with Crippen LogP contribution >= 0.6 is 0 Å². The quantitative estimate of drug-likeness (QED) is 0.585. The molecule has 0 aromatic carbocycles. The summed E-state index contributed by atoms with van der Waals surface area (Å²) in [6, 6.07) is 5.97. The van der Waals surface area contributed by atoms with Gasteiger partial charge >= 0.3 is 0 Å². The normalized spacial score (nSPS) is 28.2. The maximum absolute atomic E-state index is 5.38. The number of aromatic nitrogens is 1. The van der Waals surface area contributed by atoms with Gasteiger partial charge < -0.3 is 10.3 Å². The molecule has 1 saturated carbocycles. The van der Waals surface area contributed by atoms with E-state index in [1.807, 2.05) is 12.1 Å². The third kappa shape index (κ3) is 1.63. The summed E-state index contributed by atoms with van der Waals surface area (Å²) in [5.74, 6) is 8.98. The molecule has 2 heterocycles. The van der Waals surface area contributed by atoms with Gasteiger partial charge in [-0.2, -0.15) is 0 Å². The van der Waals surface area contributed by atoms with Crippen molar-refractivity contribution in [3.8, 4) is 0 Å². The van der Waals surface area contributed by atoms with Crippen LogP contribution in [0.15, 0.2) is 18.2 Å². The summed E-state index contributed by atoms with van der Waals surface area (Å²) < 4.78 is 0. The highest BCUT2D eigenvalue weighted by molar-refractivity contribution is 5.47. The maximum Gasteiger partial charge on any atom is 0.142 e. The minimum atomic E-state index is 0.745. The van der Waals surface area contributed by atoms with Crippen molar-refractivity contribution >= 4 is 11.6 Å². The highest BCUT2D eigenvalue weighted by Gasteiger charge is 2.36. The summed E-state index contributed by atoms with van der Waals surface area (Å²) in [7, 11) is 0. The number of hydrazine groups is 1. The van der Waals surface area contributed by atoms with Gasteiger partial charge in [0.05, 0.1) is 0 Å². The van der Waals surface area contributed by atoms with E-state index in [1.54, 1.807) is 0 Å². The molecule has 0 bridgehead atoms. The van der Waals surface area contributed by atoms with Gasteiger partial charge in [-0.25, -0.2) is 10.8 Å². The average Bonchev–Trinajstić information content (AvgIpc) is 2.89. The lowest BCUT2D eigenvalue weighted by Crippen LogP contribution is -2.22. The predicted octanol–water partition coefficient (Wildman–Crippen LogP) is 1.60. The maximum atomic E-state index is 5.38. The second-order valence-electron chi connectivity index (χ2n) is 4.88. The number of pyridine rings is 1. The van der Waals surface area contributed by atoms with Crippen LogP contribution in [-0.4, -0.2) is 18.1 Å². The molecule has 1 saturated heterocycles. The molecule has 1 aromatic rings. The first-order valence-corrected chi connectivity index (χ1v) is 6.05. The number of hydrogen-bond donors (Lipinski definition) is 2. The van der Waals surface area contributed by atoms with Gasteiger partial charge in [0.15, 0.2) is 0 Å². The molecule has 0 spiro atoms. The Morgan fingerprint density at radius 1 is 1.25 bits per heavy atom. The fourth-order valence-corrected chi connectivity index (χ4v) is 3.10. The SMILES string of the molecule is NNc1cccc(N2CC3CCCC3C2)n1. The number of nitrogens with one attached hydrogen (secondary N) is 1. The lowest BCUT2D eigenvalue weighted by molar-refractivity contribution is 0.494. The third-order valence-corrected chi connectivity index (χ3v) is 3.93. The van der Waals surface area contributed by atoms with Crippen molar-refractivity contribution < 1.29 is 0 Å². The molecule has 3 rings (SSSR count). The van der Waals surface area contributed by atoms with Crippen LogP contribution in [-0.2, 0) is 0 Å².